The number of hydrogen-bond donors (Lipinski definition) is 1. The zero-order valence-corrected chi connectivity index (χ0v) is 21.5. The van der Waals surface area contributed by atoms with Gasteiger partial charge in [0.1, 0.15) is 31.3 Å². The summed E-state index contributed by atoms with van der Waals surface area (Å²) in [5.74, 6) is -0.142. The highest BCUT2D eigenvalue weighted by Crippen LogP contribution is 2.42. The van der Waals surface area contributed by atoms with E-state index in [1.807, 2.05) is 48.5 Å². The van der Waals surface area contributed by atoms with E-state index in [4.69, 9.17) is 14.2 Å². The van der Waals surface area contributed by atoms with Crippen molar-refractivity contribution in [1.82, 2.24) is 9.88 Å². The smallest absolute Gasteiger partial charge is 0.295 e. The molecule has 0 spiro atoms. The minimum absolute atomic E-state index is 0.00376. The van der Waals surface area contributed by atoms with Crippen LogP contribution in [0.1, 0.15) is 28.3 Å². The molecule has 1 saturated heterocycles. The average Bonchev–Trinajstić information content (AvgIpc) is 3.25. The van der Waals surface area contributed by atoms with Crippen molar-refractivity contribution >= 4 is 17.4 Å². The van der Waals surface area contributed by atoms with Gasteiger partial charge in [-0.25, -0.2) is 0 Å². The van der Waals surface area contributed by atoms with E-state index in [0.717, 1.165) is 11.1 Å². The van der Waals surface area contributed by atoms with E-state index in [2.05, 4.69) is 4.98 Å². The number of aliphatic hydroxyl groups is 1. The summed E-state index contributed by atoms with van der Waals surface area (Å²) in [7, 11) is 0. The van der Waals surface area contributed by atoms with Gasteiger partial charge in [0.25, 0.3) is 11.7 Å². The number of carbonyl (C=O) groups excluding carboxylic acids is 2. The first kappa shape index (κ1) is 25.2. The molecular weight excluding hydrogens is 508 g/mol. The van der Waals surface area contributed by atoms with Crippen LogP contribution in [0.3, 0.4) is 0 Å². The van der Waals surface area contributed by atoms with Crippen molar-refractivity contribution in [3.05, 3.63) is 125 Å². The number of ketones is 1. The molecule has 1 amide bonds. The summed E-state index contributed by atoms with van der Waals surface area (Å²) < 4.78 is 17.3. The van der Waals surface area contributed by atoms with E-state index in [0.29, 0.717) is 48.2 Å². The summed E-state index contributed by atoms with van der Waals surface area (Å²) in [5, 5.41) is 11.5. The Bertz CT molecular complexity index is 1590. The standard InChI is InChI=1S/C32H26N2O6/c35-30(24-9-10-26-27(18-24)39-16-15-38-26)28-29(34(32(37)31(28)36)19-21-11-13-33-14-12-21)23-7-4-8-25(17-23)40-20-22-5-2-1-3-6-22/h1-14,17-18,29,35H,15-16,19-20H2. The van der Waals surface area contributed by atoms with E-state index in [-0.39, 0.29) is 17.9 Å². The van der Waals surface area contributed by atoms with Gasteiger partial charge in [-0.15, -0.1) is 0 Å². The molecule has 1 unspecified atom stereocenters. The van der Waals surface area contributed by atoms with E-state index < -0.39 is 17.7 Å². The third-order valence-corrected chi connectivity index (χ3v) is 6.88. The number of Topliss-reactive ketones (excluding diaryl/α,β-unsaturated/α-hetero) is 1. The number of pyridine rings is 1. The van der Waals surface area contributed by atoms with E-state index in [9.17, 15) is 14.7 Å². The SMILES string of the molecule is O=C1C(=O)N(Cc2ccncc2)C(c2cccc(OCc3ccccc3)c2)C1=C(O)c1ccc2c(c1)OCCO2. The number of benzene rings is 3. The van der Waals surface area contributed by atoms with Crippen LogP contribution < -0.4 is 14.2 Å². The molecule has 0 aliphatic carbocycles. The van der Waals surface area contributed by atoms with Gasteiger partial charge in [-0.05, 0) is 59.2 Å². The minimum atomic E-state index is -0.846. The number of amides is 1. The van der Waals surface area contributed by atoms with Crippen LogP contribution in [-0.4, -0.2) is 39.9 Å². The number of aliphatic hydroxyl groups excluding tert-OH is 1. The number of hydrogen-bond acceptors (Lipinski definition) is 7. The van der Waals surface area contributed by atoms with Gasteiger partial charge in [0.15, 0.2) is 11.5 Å². The van der Waals surface area contributed by atoms with Crippen molar-refractivity contribution in [2.45, 2.75) is 19.2 Å². The van der Waals surface area contributed by atoms with Crippen molar-refractivity contribution in [2.24, 2.45) is 0 Å². The maximum atomic E-state index is 13.5. The molecule has 3 heterocycles. The molecule has 1 fully saturated rings. The largest absolute Gasteiger partial charge is 0.507 e. The first-order valence-corrected chi connectivity index (χ1v) is 12.9. The van der Waals surface area contributed by atoms with Gasteiger partial charge in [0.2, 0.25) is 0 Å². The van der Waals surface area contributed by atoms with Crippen molar-refractivity contribution in [3.8, 4) is 17.2 Å². The Morgan fingerprint density at radius 3 is 2.45 bits per heavy atom. The lowest BCUT2D eigenvalue weighted by molar-refractivity contribution is -0.140. The maximum absolute atomic E-state index is 13.5. The molecule has 0 saturated carbocycles. The van der Waals surface area contributed by atoms with Crippen LogP contribution >= 0.6 is 0 Å². The lowest BCUT2D eigenvalue weighted by Crippen LogP contribution is -2.29. The molecule has 2 aliphatic rings. The van der Waals surface area contributed by atoms with Gasteiger partial charge >= 0.3 is 0 Å². The van der Waals surface area contributed by atoms with E-state index >= 15 is 0 Å². The van der Waals surface area contributed by atoms with Gasteiger partial charge < -0.3 is 24.2 Å². The molecule has 1 aromatic heterocycles. The molecule has 0 radical (unpaired) electrons. The monoisotopic (exact) mass is 534 g/mol. The van der Waals surface area contributed by atoms with Crippen LogP contribution in [0.2, 0.25) is 0 Å². The molecule has 8 heteroatoms. The summed E-state index contributed by atoms with van der Waals surface area (Å²) in [4.78, 5) is 32.4. The van der Waals surface area contributed by atoms with Crippen LogP contribution in [-0.2, 0) is 22.7 Å². The fraction of sp³-hybridized carbons (Fsp3) is 0.156. The molecular formula is C32H26N2O6. The number of carbonyl (C=O) groups is 2. The normalized spacial score (nSPS) is 17.6. The van der Waals surface area contributed by atoms with Crippen molar-refractivity contribution in [2.75, 3.05) is 13.2 Å². The molecule has 2 aliphatic heterocycles. The molecule has 4 aromatic rings. The molecule has 40 heavy (non-hydrogen) atoms. The number of fused-ring (bicyclic) bond motifs is 1. The number of rotatable bonds is 7. The summed E-state index contributed by atoms with van der Waals surface area (Å²) in [6.07, 6.45) is 3.27. The molecule has 8 nitrogen and oxygen atoms in total. The topological polar surface area (TPSA) is 98.2 Å². The Morgan fingerprint density at radius 2 is 1.65 bits per heavy atom. The number of nitrogens with zero attached hydrogens (tertiary/aromatic N) is 2. The second-order valence-corrected chi connectivity index (χ2v) is 9.49. The Morgan fingerprint density at radius 1 is 0.875 bits per heavy atom. The highest BCUT2D eigenvalue weighted by atomic mass is 16.6. The van der Waals surface area contributed by atoms with Gasteiger partial charge in [0, 0.05) is 24.5 Å². The lowest BCUT2D eigenvalue weighted by atomic mass is 9.95. The summed E-state index contributed by atoms with van der Waals surface area (Å²) in [6.45, 7) is 1.33. The summed E-state index contributed by atoms with van der Waals surface area (Å²) in [6, 6.07) is 24.7. The van der Waals surface area contributed by atoms with E-state index in [1.54, 1.807) is 48.8 Å². The Hall–Kier alpha value is -5.11. The predicted octanol–water partition coefficient (Wildman–Crippen LogP) is 5.05. The van der Waals surface area contributed by atoms with Crippen molar-refractivity contribution < 1.29 is 28.9 Å². The van der Waals surface area contributed by atoms with Gasteiger partial charge in [-0.3, -0.25) is 14.6 Å². The Balaban J connectivity index is 1.41. The fourth-order valence-corrected chi connectivity index (χ4v) is 4.94. The van der Waals surface area contributed by atoms with Gasteiger partial charge in [-0.2, -0.15) is 0 Å². The predicted molar refractivity (Wildman–Crippen MR) is 147 cm³/mol. The average molecular weight is 535 g/mol. The highest BCUT2D eigenvalue weighted by Gasteiger charge is 2.46. The van der Waals surface area contributed by atoms with Crippen molar-refractivity contribution in [1.29, 1.82) is 0 Å². The summed E-state index contributed by atoms with van der Waals surface area (Å²) in [5.41, 5.74) is 2.80. The second-order valence-electron chi connectivity index (χ2n) is 9.49. The minimum Gasteiger partial charge on any atom is -0.507 e. The number of aromatic nitrogens is 1. The molecule has 6 rings (SSSR count). The van der Waals surface area contributed by atoms with Crippen LogP contribution in [0.15, 0.2) is 103 Å². The van der Waals surface area contributed by atoms with Crippen LogP contribution in [0.25, 0.3) is 5.76 Å². The van der Waals surface area contributed by atoms with E-state index in [1.165, 1.54) is 4.90 Å². The number of ether oxygens (including phenoxy) is 3. The third-order valence-electron chi connectivity index (χ3n) is 6.88. The van der Waals surface area contributed by atoms with Crippen LogP contribution in [0.4, 0.5) is 0 Å². The first-order chi connectivity index (χ1) is 19.6. The zero-order valence-electron chi connectivity index (χ0n) is 21.5. The Labute approximate surface area is 231 Å². The third kappa shape index (κ3) is 4.99. The van der Waals surface area contributed by atoms with Crippen molar-refractivity contribution in [3.63, 3.8) is 0 Å². The van der Waals surface area contributed by atoms with Gasteiger partial charge in [0.05, 0.1) is 11.6 Å². The van der Waals surface area contributed by atoms with Gasteiger partial charge in [-0.1, -0.05) is 42.5 Å². The zero-order chi connectivity index (χ0) is 27.5. The summed E-state index contributed by atoms with van der Waals surface area (Å²) >= 11 is 0. The molecule has 1 N–H and O–H groups in total. The van der Waals surface area contributed by atoms with Crippen LogP contribution in [0, 0.1) is 0 Å². The number of likely N-dealkylation sites (tertiary alicyclic amines) is 1. The highest BCUT2D eigenvalue weighted by molar-refractivity contribution is 6.46. The fourth-order valence-electron chi connectivity index (χ4n) is 4.94. The molecule has 1 atom stereocenters. The molecule has 0 bridgehead atoms. The first-order valence-electron chi connectivity index (χ1n) is 12.9. The molecule has 200 valence electrons. The molecule has 3 aromatic carbocycles. The van der Waals surface area contributed by atoms with Crippen LogP contribution in [0.5, 0.6) is 17.2 Å². The Kier molecular flexibility index (Phi) is 6.89. The quantitative estimate of drug-likeness (QED) is 0.201. The lowest BCUT2D eigenvalue weighted by Gasteiger charge is -2.26. The second kappa shape index (κ2) is 10.9. The maximum Gasteiger partial charge on any atom is 0.295 e.